The summed E-state index contributed by atoms with van der Waals surface area (Å²) in [6, 6.07) is 10.9. The predicted molar refractivity (Wildman–Crippen MR) is 156 cm³/mol. The zero-order chi connectivity index (χ0) is 29.3. The molecule has 0 bridgehead atoms. The number of aromatic amines is 1. The summed E-state index contributed by atoms with van der Waals surface area (Å²) < 4.78 is 10.7. The molecule has 1 aliphatic heterocycles. The van der Waals surface area contributed by atoms with Crippen molar-refractivity contribution in [2.45, 2.75) is 32.1 Å². The minimum atomic E-state index is -0.918. The summed E-state index contributed by atoms with van der Waals surface area (Å²) in [6.07, 6.45) is 1.38. The summed E-state index contributed by atoms with van der Waals surface area (Å²) in [6.45, 7) is 5.26. The maximum atomic E-state index is 13.7. The first-order valence-electron chi connectivity index (χ1n) is 13.2. The highest BCUT2D eigenvalue weighted by Crippen LogP contribution is 2.39. The van der Waals surface area contributed by atoms with Crippen molar-refractivity contribution in [3.05, 3.63) is 68.6 Å². The molecule has 0 unspecified atom stereocenters. The molecule has 12 heteroatoms. The number of hydrogen-bond donors (Lipinski definition) is 2. The summed E-state index contributed by atoms with van der Waals surface area (Å²) in [4.78, 5) is 47.0. The van der Waals surface area contributed by atoms with Gasteiger partial charge in [0.25, 0.3) is 5.91 Å². The number of aromatic nitrogens is 2. The Morgan fingerprint density at radius 3 is 2.59 bits per heavy atom. The van der Waals surface area contributed by atoms with Crippen LogP contribution in [-0.4, -0.2) is 65.5 Å². The molecule has 11 nitrogen and oxygen atoms in total. The van der Waals surface area contributed by atoms with E-state index in [9.17, 15) is 19.7 Å². The molecule has 214 valence electrons. The summed E-state index contributed by atoms with van der Waals surface area (Å²) in [5.41, 5.74) is 2.85. The molecule has 2 aromatic carbocycles. The Hall–Kier alpha value is -4.29. The van der Waals surface area contributed by atoms with E-state index in [2.05, 4.69) is 15.3 Å². The van der Waals surface area contributed by atoms with Crippen LogP contribution in [0.5, 0.6) is 11.5 Å². The van der Waals surface area contributed by atoms with Gasteiger partial charge in [0.15, 0.2) is 11.5 Å². The summed E-state index contributed by atoms with van der Waals surface area (Å²) in [5, 5.41) is 16.2. The molecule has 0 aliphatic carbocycles. The van der Waals surface area contributed by atoms with Gasteiger partial charge in [-0.25, -0.2) is 4.98 Å². The van der Waals surface area contributed by atoms with Crippen LogP contribution in [0.4, 0.5) is 5.00 Å². The number of nitrogens with one attached hydrogen (secondary N) is 2. The van der Waals surface area contributed by atoms with Crippen LogP contribution in [-0.2, 0) is 16.6 Å². The zero-order valence-electron chi connectivity index (χ0n) is 23.3. The van der Waals surface area contributed by atoms with Crippen LogP contribution in [0.1, 0.15) is 41.8 Å². The maximum Gasteiger partial charge on any atom is 0.324 e. The van der Waals surface area contributed by atoms with Gasteiger partial charge in [-0.05, 0) is 69.1 Å². The lowest BCUT2D eigenvalue weighted by atomic mass is 9.76. The summed E-state index contributed by atoms with van der Waals surface area (Å²) >= 11 is 1.01. The van der Waals surface area contributed by atoms with E-state index >= 15 is 0 Å². The molecular weight excluding hydrogens is 546 g/mol. The number of thiophene rings is 1. The Balaban J connectivity index is 1.28. The molecule has 0 spiro atoms. The molecule has 2 N–H and O–H groups in total. The fourth-order valence-electron chi connectivity index (χ4n) is 5.13. The van der Waals surface area contributed by atoms with Gasteiger partial charge in [-0.1, -0.05) is 23.5 Å². The van der Waals surface area contributed by atoms with Crippen LogP contribution in [0, 0.1) is 10.1 Å². The van der Waals surface area contributed by atoms with Crippen molar-refractivity contribution in [1.29, 1.82) is 0 Å². The number of H-pyrrole nitrogens is 1. The molecular formula is C29H31N5O6S. The van der Waals surface area contributed by atoms with Crippen LogP contribution < -0.4 is 14.8 Å². The Kier molecular flexibility index (Phi) is 7.78. The minimum absolute atomic E-state index is 0.00815. The number of nitro groups is 1. The fraction of sp³-hybridized carbons (Fsp3) is 0.345. The number of benzene rings is 2. The minimum Gasteiger partial charge on any atom is -0.493 e. The van der Waals surface area contributed by atoms with Gasteiger partial charge in [-0.2, -0.15) is 0 Å². The summed E-state index contributed by atoms with van der Waals surface area (Å²) in [7, 11) is 3.21. The van der Waals surface area contributed by atoms with Crippen molar-refractivity contribution in [2.75, 3.05) is 33.9 Å². The van der Waals surface area contributed by atoms with Crippen LogP contribution >= 0.6 is 11.3 Å². The molecule has 0 atom stereocenters. The molecule has 2 aromatic heterocycles. The number of rotatable bonds is 11. The number of nitrogens with zero attached hydrogens (tertiary/aromatic N) is 3. The second-order valence-corrected chi connectivity index (χ2v) is 11.2. The van der Waals surface area contributed by atoms with Crippen LogP contribution in [0.2, 0.25) is 0 Å². The molecule has 2 amide bonds. The largest absolute Gasteiger partial charge is 0.493 e. The van der Waals surface area contributed by atoms with Crippen molar-refractivity contribution < 1.29 is 24.0 Å². The molecule has 0 fully saturated rings. The number of amides is 2. The SMILES string of the molecule is COc1ccc(CCNCCCN2C(=O)c3c(ccc4[nH]c(-c5csc([N+](=O)[O-])c5)nc34)C(C)(C)C2=O)cc1OC. The maximum absolute atomic E-state index is 13.7. The van der Waals surface area contributed by atoms with Crippen molar-refractivity contribution in [3.8, 4) is 22.9 Å². The first-order valence-corrected chi connectivity index (χ1v) is 14.1. The van der Waals surface area contributed by atoms with Gasteiger partial charge in [-0.15, -0.1) is 0 Å². The average molecular weight is 578 g/mol. The van der Waals surface area contributed by atoms with Gasteiger partial charge >= 0.3 is 5.00 Å². The second kappa shape index (κ2) is 11.3. The van der Waals surface area contributed by atoms with Gasteiger partial charge in [0.1, 0.15) is 11.3 Å². The van der Waals surface area contributed by atoms with Crippen molar-refractivity contribution in [1.82, 2.24) is 20.2 Å². The van der Waals surface area contributed by atoms with Crippen molar-refractivity contribution >= 4 is 39.2 Å². The molecule has 5 rings (SSSR count). The lowest BCUT2D eigenvalue weighted by Gasteiger charge is -2.37. The number of imidazole rings is 1. The van der Waals surface area contributed by atoms with Crippen molar-refractivity contribution in [2.24, 2.45) is 0 Å². The van der Waals surface area contributed by atoms with E-state index in [4.69, 9.17) is 9.47 Å². The van der Waals surface area contributed by atoms with E-state index in [-0.39, 0.29) is 23.4 Å². The van der Waals surface area contributed by atoms with E-state index < -0.39 is 10.3 Å². The third-order valence-electron chi connectivity index (χ3n) is 7.38. The van der Waals surface area contributed by atoms with Gasteiger partial charge in [0.05, 0.1) is 35.6 Å². The molecule has 41 heavy (non-hydrogen) atoms. The van der Waals surface area contributed by atoms with Gasteiger partial charge in [0, 0.05) is 23.6 Å². The second-order valence-electron chi connectivity index (χ2n) is 10.3. The lowest BCUT2D eigenvalue weighted by molar-refractivity contribution is -0.380. The summed E-state index contributed by atoms with van der Waals surface area (Å²) in [5.74, 6) is 1.18. The molecule has 1 aliphatic rings. The normalized spacial score (nSPS) is 14.4. The Bertz CT molecular complexity index is 1640. The molecule has 0 saturated heterocycles. The number of ether oxygens (including phenoxy) is 2. The fourth-order valence-corrected chi connectivity index (χ4v) is 5.84. The Morgan fingerprint density at radius 2 is 1.88 bits per heavy atom. The molecule has 4 aromatic rings. The van der Waals surface area contributed by atoms with E-state index in [0.29, 0.717) is 58.0 Å². The molecule has 0 radical (unpaired) electrons. The van der Waals surface area contributed by atoms with Gasteiger partial charge in [-0.3, -0.25) is 24.6 Å². The number of imide groups is 1. The van der Waals surface area contributed by atoms with Crippen molar-refractivity contribution in [3.63, 3.8) is 0 Å². The Labute approximate surface area is 240 Å². The molecule has 0 saturated carbocycles. The number of carbonyl (C=O) groups excluding carboxylic acids is 2. The number of fused-ring (bicyclic) bond motifs is 3. The van der Waals surface area contributed by atoms with Crippen LogP contribution in [0.25, 0.3) is 22.4 Å². The lowest BCUT2D eigenvalue weighted by Crippen LogP contribution is -2.52. The number of carbonyl (C=O) groups is 2. The highest BCUT2D eigenvalue weighted by Gasteiger charge is 2.45. The van der Waals surface area contributed by atoms with Crippen LogP contribution in [0.15, 0.2) is 41.8 Å². The first-order chi connectivity index (χ1) is 19.6. The third kappa shape index (κ3) is 5.27. The molecule has 3 heterocycles. The highest BCUT2D eigenvalue weighted by molar-refractivity contribution is 7.13. The van der Waals surface area contributed by atoms with Crippen LogP contribution in [0.3, 0.4) is 0 Å². The number of hydrogen-bond acceptors (Lipinski definition) is 9. The smallest absolute Gasteiger partial charge is 0.324 e. The van der Waals surface area contributed by atoms with E-state index in [1.807, 2.05) is 32.0 Å². The van der Waals surface area contributed by atoms with E-state index in [1.165, 1.54) is 11.0 Å². The highest BCUT2D eigenvalue weighted by atomic mass is 32.1. The number of methoxy groups -OCH3 is 2. The van der Waals surface area contributed by atoms with Gasteiger partial charge < -0.3 is 19.8 Å². The topological polar surface area (TPSA) is 140 Å². The standard InChI is InChI=1S/C29H31N5O6S/c1-29(2)19-7-8-20-25(32-26(31-20)18-15-23(34(37)38)41-16-18)24(19)27(35)33(28(29)36)13-5-11-30-12-10-17-6-9-21(39-3)22(14-17)40-4/h6-9,14-16,30H,5,10-13H2,1-4H3,(H,31,32). The monoisotopic (exact) mass is 577 g/mol. The predicted octanol–water partition coefficient (Wildman–Crippen LogP) is 4.70. The average Bonchev–Trinajstić information content (AvgIpc) is 3.62. The van der Waals surface area contributed by atoms with Gasteiger partial charge in [0.2, 0.25) is 5.91 Å². The Morgan fingerprint density at radius 1 is 1.10 bits per heavy atom. The first kappa shape index (κ1) is 28.2. The third-order valence-corrected chi connectivity index (χ3v) is 8.26. The van der Waals surface area contributed by atoms with E-state index in [1.54, 1.807) is 31.7 Å². The quantitative estimate of drug-likeness (QED) is 0.113. The van der Waals surface area contributed by atoms with E-state index in [0.717, 1.165) is 29.9 Å². The zero-order valence-corrected chi connectivity index (χ0v) is 24.1.